The lowest BCUT2D eigenvalue weighted by Gasteiger charge is -2.27. The fourth-order valence-corrected chi connectivity index (χ4v) is 6.98. The standard InChI is InChI=1S/C40H46N2O2/c1-39(2,3)28-19-15-26(16-20-28)37(27-17-21-29(22-18-27)40(4,5)6)36-23-30(24-41-36)42-38(43)44-25-35-33-13-9-7-11-31(33)32-12-8-10-14-34(32)35/h7-22,30,35-37,41H,23-25H2,1-6H3,(H,42,43)/t30-,36-/m1/s1. The number of ether oxygens (including phenoxy) is 1. The van der Waals surface area contributed by atoms with E-state index in [9.17, 15) is 4.79 Å². The van der Waals surface area contributed by atoms with Crippen molar-refractivity contribution in [1.82, 2.24) is 10.6 Å². The van der Waals surface area contributed by atoms with E-state index in [1.54, 1.807) is 0 Å². The van der Waals surface area contributed by atoms with E-state index in [2.05, 4.69) is 149 Å². The van der Waals surface area contributed by atoms with Gasteiger partial charge in [-0.2, -0.15) is 0 Å². The summed E-state index contributed by atoms with van der Waals surface area (Å²) in [7, 11) is 0. The monoisotopic (exact) mass is 586 g/mol. The summed E-state index contributed by atoms with van der Waals surface area (Å²) in [5.41, 5.74) is 10.4. The number of carbonyl (C=O) groups excluding carboxylic acids is 1. The molecule has 4 nitrogen and oxygen atoms in total. The summed E-state index contributed by atoms with van der Waals surface area (Å²) in [6, 6.07) is 35.3. The molecule has 0 spiro atoms. The molecule has 44 heavy (non-hydrogen) atoms. The van der Waals surface area contributed by atoms with Gasteiger partial charge >= 0.3 is 6.09 Å². The summed E-state index contributed by atoms with van der Waals surface area (Å²) in [5.74, 6) is 0.228. The van der Waals surface area contributed by atoms with Crippen molar-refractivity contribution in [3.05, 3.63) is 130 Å². The van der Waals surface area contributed by atoms with Crippen LogP contribution in [-0.2, 0) is 15.6 Å². The van der Waals surface area contributed by atoms with Crippen molar-refractivity contribution in [2.24, 2.45) is 0 Å². The van der Waals surface area contributed by atoms with Crippen LogP contribution in [0.4, 0.5) is 4.79 Å². The minimum absolute atomic E-state index is 0.000785. The molecular formula is C40H46N2O2. The van der Waals surface area contributed by atoms with Gasteiger partial charge in [-0.05, 0) is 61.8 Å². The van der Waals surface area contributed by atoms with Crippen molar-refractivity contribution >= 4 is 6.09 Å². The lowest BCUT2D eigenvalue weighted by atomic mass is 9.80. The van der Waals surface area contributed by atoms with Gasteiger partial charge in [-0.1, -0.05) is 139 Å². The molecule has 1 aliphatic heterocycles. The molecule has 0 bridgehead atoms. The molecule has 2 atom stereocenters. The molecule has 2 aliphatic rings. The van der Waals surface area contributed by atoms with E-state index in [4.69, 9.17) is 4.74 Å². The minimum atomic E-state index is -0.347. The van der Waals surface area contributed by atoms with Crippen LogP contribution < -0.4 is 10.6 Å². The summed E-state index contributed by atoms with van der Waals surface area (Å²) >= 11 is 0. The third-order valence-electron chi connectivity index (χ3n) is 9.50. The van der Waals surface area contributed by atoms with Gasteiger partial charge in [0.2, 0.25) is 0 Å². The van der Waals surface area contributed by atoms with Crippen molar-refractivity contribution < 1.29 is 9.53 Å². The summed E-state index contributed by atoms with van der Waals surface area (Å²) in [6.45, 7) is 14.6. The van der Waals surface area contributed by atoms with Gasteiger partial charge in [-0.15, -0.1) is 0 Å². The van der Waals surface area contributed by atoms with Crippen LogP contribution in [0.5, 0.6) is 0 Å². The lowest BCUT2D eigenvalue weighted by Crippen LogP contribution is -2.37. The summed E-state index contributed by atoms with van der Waals surface area (Å²) < 4.78 is 5.88. The number of nitrogens with one attached hydrogen (secondary N) is 2. The van der Waals surface area contributed by atoms with Crippen LogP contribution in [0, 0.1) is 0 Å². The van der Waals surface area contributed by atoms with Crippen LogP contribution in [0.1, 0.15) is 93.2 Å². The number of benzene rings is 4. The SMILES string of the molecule is CC(C)(C)c1ccc(C(c2ccc(C(C)(C)C)cc2)[C@H]2C[C@@H](NC(=O)OCC3c4ccccc4-c4ccccc43)CN2)cc1. The number of hydrogen-bond acceptors (Lipinski definition) is 3. The zero-order valence-electron chi connectivity index (χ0n) is 27.0. The maximum Gasteiger partial charge on any atom is 0.407 e. The molecule has 4 aromatic rings. The van der Waals surface area contributed by atoms with Crippen molar-refractivity contribution in [3.8, 4) is 11.1 Å². The Kier molecular flexibility index (Phi) is 8.15. The van der Waals surface area contributed by atoms with E-state index in [0.29, 0.717) is 13.2 Å². The van der Waals surface area contributed by atoms with Crippen LogP contribution in [0.3, 0.4) is 0 Å². The van der Waals surface area contributed by atoms with Gasteiger partial charge in [0.15, 0.2) is 0 Å². The first-order chi connectivity index (χ1) is 21.0. The average Bonchev–Trinajstić information content (AvgIpc) is 3.58. The van der Waals surface area contributed by atoms with Gasteiger partial charge in [-0.3, -0.25) is 0 Å². The zero-order chi connectivity index (χ0) is 31.1. The molecule has 4 heteroatoms. The Morgan fingerprint density at radius 2 is 1.23 bits per heavy atom. The van der Waals surface area contributed by atoms with E-state index >= 15 is 0 Å². The Balaban J connectivity index is 1.15. The number of amides is 1. The van der Waals surface area contributed by atoms with Crippen molar-refractivity contribution in [2.75, 3.05) is 13.2 Å². The number of rotatable bonds is 6. The average molecular weight is 587 g/mol. The summed E-state index contributed by atoms with van der Waals surface area (Å²) in [6.07, 6.45) is 0.483. The molecule has 2 N–H and O–H groups in total. The highest BCUT2D eigenvalue weighted by Gasteiger charge is 2.34. The largest absolute Gasteiger partial charge is 0.449 e. The fourth-order valence-electron chi connectivity index (χ4n) is 6.98. The fraction of sp³-hybridized carbons (Fsp3) is 0.375. The zero-order valence-corrected chi connectivity index (χ0v) is 27.0. The first-order valence-electron chi connectivity index (χ1n) is 16.0. The Morgan fingerprint density at radius 1 is 0.750 bits per heavy atom. The first-order valence-corrected chi connectivity index (χ1v) is 16.0. The molecule has 0 saturated carbocycles. The highest BCUT2D eigenvalue weighted by molar-refractivity contribution is 5.79. The molecule has 0 aromatic heterocycles. The normalized spacial score (nSPS) is 18.2. The Labute approximate surface area is 263 Å². The summed E-state index contributed by atoms with van der Waals surface area (Å²) in [4.78, 5) is 13.1. The van der Waals surface area contributed by atoms with Gasteiger partial charge in [0.25, 0.3) is 0 Å². The van der Waals surface area contributed by atoms with E-state index in [0.717, 1.165) is 6.42 Å². The smallest absolute Gasteiger partial charge is 0.407 e. The number of fused-ring (bicyclic) bond motifs is 3. The molecule has 0 radical (unpaired) electrons. The predicted octanol–water partition coefficient (Wildman–Crippen LogP) is 8.68. The number of carbonyl (C=O) groups is 1. The molecular weight excluding hydrogens is 540 g/mol. The van der Waals surface area contributed by atoms with Gasteiger partial charge in [0.1, 0.15) is 6.61 Å². The molecule has 0 unspecified atom stereocenters. The first kappa shape index (κ1) is 30.1. The van der Waals surface area contributed by atoms with E-state index in [1.807, 2.05) is 0 Å². The lowest BCUT2D eigenvalue weighted by molar-refractivity contribution is 0.139. The molecule has 1 fully saturated rings. The maximum atomic E-state index is 13.1. The molecule has 6 rings (SSSR count). The second-order valence-corrected chi connectivity index (χ2v) is 14.6. The molecule has 1 amide bonds. The molecule has 228 valence electrons. The highest BCUT2D eigenvalue weighted by Crippen LogP contribution is 2.44. The molecule has 1 aliphatic carbocycles. The predicted molar refractivity (Wildman–Crippen MR) is 181 cm³/mol. The minimum Gasteiger partial charge on any atom is -0.449 e. The van der Waals surface area contributed by atoms with E-state index in [1.165, 1.54) is 44.5 Å². The topological polar surface area (TPSA) is 50.4 Å². The molecule has 1 saturated heterocycles. The van der Waals surface area contributed by atoms with Crippen LogP contribution in [0.25, 0.3) is 11.1 Å². The van der Waals surface area contributed by atoms with Crippen LogP contribution in [0.2, 0.25) is 0 Å². The van der Waals surface area contributed by atoms with Crippen LogP contribution >= 0.6 is 0 Å². The third-order valence-corrected chi connectivity index (χ3v) is 9.50. The van der Waals surface area contributed by atoms with E-state index < -0.39 is 0 Å². The summed E-state index contributed by atoms with van der Waals surface area (Å²) in [5, 5.41) is 6.92. The quantitative estimate of drug-likeness (QED) is 0.238. The van der Waals surface area contributed by atoms with Crippen LogP contribution in [-0.4, -0.2) is 31.3 Å². The molecule has 1 heterocycles. The van der Waals surface area contributed by atoms with Gasteiger partial charge in [0, 0.05) is 30.5 Å². The van der Waals surface area contributed by atoms with Crippen molar-refractivity contribution in [2.45, 2.75) is 82.7 Å². The van der Waals surface area contributed by atoms with Gasteiger partial charge in [-0.25, -0.2) is 4.79 Å². The Hall–Kier alpha value is -3.89. The number of hydrogen-bond donors (Lipinski definition) is 2. The van der Waals surface area contributed by atoms with Crippen LogP contribution in [0.15, 0.2) is 97.1 Å². The second kappa shape index (κ2) is 11.9. The number of alkyl carbamates (subject to hydrolysis) is 1. The van der Waals surface area contributed by atoms with E-state index in [-0.39, 0.29) is 40.8 Å². The second-order valence-electron chi connectivity index (χ2n) is 14.6. The van der Waals surface area contributed by atoms with Gasteiger partial charge in [0.05, 0.1) is 0 Å². The third kappa shape index (κ3) is 6.19. The van der Waals surface area contributed by atoms with Gasteiger partial charge < -0.3 is 15.4 Å². The van der Waals surface area contributed by atoms with Crippen molar-refractivity contribution in [1.29, 1.82) is 0 Å². The maximum absolute atomic E-state index is 13.1. The Bertz CT molecular complexity index is 1510. The molecule has 4 aromatic carbocycles. The highest BCUT2D eigenvalue weighted by atomic mass is 16.5. The Morgan fingerprint density at radius 3 is 1.70 bits per heavy atom. The van der Waals surface area contributed by atoms with Crippen molar-refractivity contribution in [3.63, 3.8) is 0 Å².